The lowest BCUT2D eigenvalue weighted by Crippen LogP contribution is -2.40. The maximum Gasteiger partial charge on any atom is 0.309 e. The van der Waals surface area contributed by atoms with Crippen molar-refractivity contribution in [2.45, 2.75) is 25.5 Å². The highest BCUT2D eigenvalue weighted by atomic mass is 35.5. The lowest BCUT2D eigenvalue weighted by atomic mass is 10.1. The van der Waals surface area contributed by atoms with Gasteiger partial charge in [-0.15, -0.1) is 16.8 Å². The maximum absolute atomic E-state index is 13.3. The summed E-state index contributed by atoms with van der Waals surface area (Å²) in [5, 5.41) is 22.2. The van der Waals surface area contributed by atoms with Crippen LogP contribution in [-0.2, 0) is 4.79 Å². The second kappa shape index (κ2) is 10.5. The van der Waals surface area contributed by atoms with Crippen LogP contribution in [0.2, 0.25) is 5.02 Å². The highest BCUT2D eigenvalue weighted by molar-refractivity contribution is 6.30. The van der Waals surface area contributed by atoms with E-state index in [0.29, 0.717) is 0 Å². The molecule has 0 aliphatic carbocycles. The minimum absolute atomic E-state index is 0.0528. The Labute approximate surface area is 170 Å². The summed E-state index contributed by atoms with van der Waals surface area (Å²) >= 11 is 5.57. The van der Waals surface area contributed by atoms with Crippen LogP contribution in [-0.4, -0.2) is 52.4 Å². The van der Waals surface area contributed by atoms with E-state index in [0.717, 1.165) is 6.07 Å². The van der Waals surface area contributed by atoms with Gasteiger partial charge in [0.15, 0.2) is 6.61 Å². The number of aromatic nitrogens is 2. The minimum Gasteiger partial charge on any atom is -0.484 e. The highest BCUT2D eigenvalue weighted by Crippen LogP contribution is 2.20. The average Bonchev–Trinajstić information content (AvgIpc) is 3.13. The molecule has 0 radical (unpaired) electrons. The molecule has 0 fully saturated rings. The van der Waals surface area contributed by atoms with E-state index >= 15 is 0 Å². The third-order valence-electron chi connectivity index (χ3n) is 3.64. The number of carbonyl (C=O) groups excluding carboxylic acids is 2. The van der Waals surface area contributed by atoms with Crippen LogP contribution in [0.1, 0.15) is 23.0 Å². The van der Waals surface area contributed by atoms with E-state index in [2.05, 4.69) is 27.4 Å². The van der Waals surface area contributed by atoms with Crippen LogP contribution >= 0.6 is 11.6 Å². The third-order valence-corrected chi connectivity index (χ3v) is 3.95. The van der Waals surface area contributed by atoms with Crippen molar-refractivity contribution in [3.05, 3.63) is 53.5 Å². The number of carbonyl (C=O) groups is 2. The largest absolute Gasteiger partial charge is 0.484 e. The van der Waals surface area contributed by atoms with Crippen molar-refractivity contribution >= 4 is 23.4 Å². The van der Waals surface area contributed by atoms with Gasteiger partial charge in [-0.05, 0) is 18.6 Å². The molecule has 1 aromatic carbocycles. The molecule has 2 atom stereocenters. The average molecular weight is 427 g/mol. The fraction of sp³-hybridized carbons (Fsp3) is 0.333. The number of hydrogen-bond donors (Lipinski definition) is 3. The number of aryl methyl sites for hydroxylation is 1. The van der Waals surface area contributed by atoms with Crippen LogP contribution in [0.25, 0.3) is 0 Å². The van der Waals surface area contributed by atoms with Gasteiger partial charge < -0.3 is 24.9 Å². The Balaban J connectivity index is 1.73. The molecule has 2 amide bonds. The minimum atomic E-state index is -0.973. The fourth-order valence-electron chi connectivity index (χ4n) is 2.21. The van der Waals surface area contributed by atoms with Crippen LogP contribution in [0.5, 0.6) is 5.75 Å². The van der Waals surface area contributed by atoms with Gasteiger partial charge in [-0.3, -0.25) is 9.59 Å². The highest BCUT2D eigenvalue weighted by Gasteiger charge is 2.19. The Bertz CT molecular complexity index is 876. The Hall–Kier alpha value is -2.98. The number of rotatable bonds is 10. The quantitative estimate of drug-likeness (QED) is 0.490. The molecule has 2 rings (SSSR count). The molecule has 2 unspecified atom stereocenters. The molecule has 0 aliphatic rings. The van der Waals surface area contributed by atoms with Crippen LogP contribution in [0.15, 0.2) is 35.3 Å². The second-order valence-corrected chi connectivity index (χ2v) is 6.41. The summed E-state index contributed by atoms with van der Waals surface area (Å²) in [6.07, 6.45) is 0.552. The molecule has 2 aromatic rings. The number of ether oxygens (including phenoxy) is 1. The molecule has 1 heterocycles. The van der Waals surface area contributed by atoms with Crippen molar-refractivity contribution in [3.8, 4) is 5.75 Å². The van der Waals surface area contributed by atoms with Gasteiger partial charge in [0.1, 0.15) is 11.6 Å². The van der Waals surface area contributed by atoms with E-state index < -0.39 is 29.8 Å². The Morgan fingerprint density at radius 2 is 2.21 bits per heavy atom. The predicted octanol–water partition coefficient (Wildman–Crippen LogP) is 1.40. The van der Waals surface area contributed by atoms with E-state index in [1.165, 1.54) is 18.2 Å². The van der Waals surface area contributed by atoms with Gasteiger partial charge in [-0.1, -0.05) is 17.7 Å². The molecule has 9 nitrogen and oxygen atoms in total. The van der Waals surface area contributed by atoms with Gasteiger partial charge in [0, 0.05) is 25.6 Å². The molecule has 29 heavy (non-hydrogen) atoms. The lowest BCUT2D eigenvalue weighted by Gasteiger charge is -2.18. The van der Waals surface area contributed by atoms with Gasteiger partial charge in [0.05, 0.1) is 11.1 Å². The second-order valence-electron chi connectivity index (χ2n) is 6.00. The van der Waals surface area contributed by atoms with Gasteiger partial charge in [-0.2, -0.15) is 0 Å². The van der Waals surface area contributed by atoms with Gasteiger partial charge in [0.25, 0.3) is 5.91 Å². The van der Waals surface area contributed by atoms with Gasteiger partial charge in [-0.25, -0.2) is 4.39 Å². The summed E-state index contributed by atoms with van der Waals surface area (Å²) in [5.41, 5.74) is 0. The van der Waals surface area contributed by atoms with Crippen molar-refractivity contribution < 1.29 is 28.2 Å². The molecule has 0 aliphatic heterocycles. The molecule has 3 N–H and O–H groups in total. The monoisotopic (exact) mass is 426 g/mol. The van der Waals surface area contributed by atoms with E-state index in [4.69, 9.17) is 20.8 Å². The van der Waals surface area contributed by atoms with E-state index in [1.54, 1.807) is 6.92 Å². The number of amides is 2. The smallest absolute Gasteiger partial charge is 0.309 e. The summed E-state index contributed by atoms with van der Waals surface area (Å²) < 4.78 is 23.5. The number of benzene rings is 1. The van der Waals surface area contributed by atoms with E-state index in [-0.39, 0.29) is 42.1 Å². The fourth-order valence-corrected chi connectivity index (χ4v) is 2.32. The number of aliphatic hydroxyl groups excluding tert-OH is 1. The Morgan fingerprint density at radius 3 is 2.83 bits per heavy atom. The number of nitrogens with one attached hydrogen (secondary N) is 2. The standard InChI is InChI=1S/C18H20ClFN4O5/c1-3-11(22-17(27)18-24-23-10(2)29-18)6-12(25)8-21-16(26)9-28-13-4-5-14(19)15(20)7-13/h3-5,7,11-12,25H,1,6,8-9H2,2H3,(H,21,26)(H,22,27). The van der Waals surface area contributed by atoms with Crippen molar-refractivity contribution in [1.82, 2.24) is 20.8 Å². The molecule has 1 aromatic heterocycles. The van der Waals surface area contributed by atoms with E-state index in [1.807, 2.05) is 0 Å². The number of aliphatic hydroxyl groups is 1. The van der Waals surface area contributed by atoms with Crippen LogP contribution in [0.4, 0.5) is 4.39 Å². The molecule has 11 heteroatoms. The van der Waals surface area contributed by atoms with Crippen molar-refractivity contribution in [1.29, 1.82) is 0 Å². The van der Waals surface area contributed by atoms with Crippen LogP contribution in [0.3, 0.4) is 0 Å². The first-order chi connectivity index (χ1) is 13.8. The van der Waals surface area contributed by atoms with Crippen LogP contribution in [0, 0.1) is 12.7 Å². The SMILES string of the molecule is C=CC(CC(O)CNC(=O)COc1ccc(Cl)c(F)c1)NC(=O)c1nnc(C)o1. The summed E-state index contributed by atoms with van der Waals surface area (Å²) in [5.74, 6) is -1.58. The first-order valence-corrected chi connectivity index (χ1v) is 8.92. The molecule has 156 valence electrons. The zero-order chi connectivity index (χ0) is 21.4. The first-order valence-electron chi connectivity index (χ1n) is 8.54. The maximum atomic E-state index is 13.3. The normalized spacial score (nSPS) is 12.7. The Morgan fingerprint density at radius 1 is 1.45 bits per heavy atom. The number of hydrogen-bond acceptors (Lipinski definition) is 7. The van der Waals surface area contributed by atoms with Crippen molar-refractivity contribution in [2.24, 2.45) is 0 Å². The molecule has 0 spiro atoms. The van der Waals surface area contributed by atoms with Crippen molar-refractivity contribution in [3.63, 3.8) is 0 Å². The summed E-state index contributed by atoms with van der Waals surface area (Å²) in [7, 11) is 0. The lowest BCUT2D eigenvalue weighted by molar-refractivity contribution is -0.123. The van der Waals surface area contributed by atoms with Gasteiger partial charge in [0.2, 0.25) is 5.89 Å². The summed E-state index contributed by atoms with van der Waals surface area (Å²) in [4.78, 5) is 23.8. The Kier molecular flexibility index (Phi) is 8.10. The van der Waals surface area contributed by atoms with Crippen molar-refractivity contribution in [2.75, 3.05) is 13.2 Å². The zero-order valence-electron chi connectivity index (χ0n) is 15.5. The zero-order valence-corrected chi connectivity index (χ0v) is 16.3. The van der Waals surface area contributed by atoms with E-state index in [9.17, 15) is 19.1 Å². The molecular formula is C18H20ClFN4O5. The van der Waals surface area contributed by atoms with Gasteiger partial charge >= 0.3 is 11.8 Å². The number of nitrogens with zero attached hydrogens (tertiary/aromatic N) is 2. The predicted molar refractivity (Wildman–Crippen MR) is 101 cm³/mol. The first kappa shape index (κ1) is 22.3. The molecular weight excluding hydrogens is 407 g/mol. The molecule has 0 bridgehead atoms. The number of halogens is 2. The molecule has 0 saturated heterocycles. The molecule has 0 saturated carbocycles. The summed E-state index contributed by atoms with van der Waals surface area (Å²) in [6.45, 7) is 4.69. The van der Waals surface area contributed by atoms with Crippen LogP contribution < -0.4 is 15.4 Å². The third kappa shape index (κ3) is 7.16. The summed E-state index contributed by atoms with van der Waals surface area (Å²) in [6, 6.07) is 3.21. The topological polar surface area (TPSA) is 127 Å².